The average molecular weight is 455 g/mol. The van der Waals surface area contributed by atoms with Gasteiger partial charge in [-0.1, -0.05) is 42.1 Å². The quantitative estimate of drug-likeness (QED) is 0.293. The number of rotatable bonds is 4. The van der Waals surface area contributed by atoms with E-state index >= 15 is 0 Å². The lowest BCUT2D eigenvalue weighted by Crippen LogP contribution is -2.22. The zero-order chi connectivity index (χ0) is 23.1. The molecule has 0 aliphatic carbocycles. The van der Waals surface area contributed by atoms with Crippen LogP contribution in [0.1, 0.15) is 22.5 Å². The minimum Gasteiger partial charge on any atom is -0.269 e. The summed E-state index contributed by atoms with van der Waals surface area (Å²) in [7, 11) is 0. The number of para-hydroxylation sites is 1. The molecular weight excluding hydrogens is 432 g/mol. The van der Waals surface area contributed by atoms with Gasteiger partial charge in [-0.25, -0.2) is 9.97 Å². The van der Waals surface area contributed by atoms with E-state index in [9.17, 15) is 9.59 Å². The number of hydrogen-bond donors (Lipinski definition) is 0. The first-order valence-corrected chi connectivity index (χ1v) is 11.6. The van der Waals surface area contributed by atoms with Crippen LogP contribution < -0.4 is 11.1 Å². The fourth-order valence-electron chi connectivity index (χ4n) is 3.96. The fourth-order valence-corrected chi connectivity index (χ4v) is 4.86. The Bertz CT molecular complexity index is 1650. The number of thioether (sulfide) groups is 1. The van der Waals surface area contributed by atoms with Crippen molar-refractivity contribution in [1.82, 2.24) is 18.9 Å². The number of nitrogens with zero attached hydrogens (tertiary/aromatic N) is 4. The maximum atomic E-state index is 13.5. The van der Waals surface area contributed by atoms with Gasteiger partial charge in [0.15, 0.2) is 5.16 Å². The average Bonchev–Trinajstić information content (AvgIpc) is 2.79. The first kappa shape index (κ1) is 21.2. The first-order valence-electron chi connectivity index (χ1n) is 10.6. The zero-order valence-corrected chi connectivity index (χ0v) is 19.4. The number of hydrogen-bond acceptors (Lipinski definition) is 5. The van der Waals surface area contributed by atoms with Crippen molar-refractivity contribution in [2.75, 3.05) is 0 Å². The Balaban J connectivity index is 1.64. The molecule has 0 fully saturated rings. The Morgan fingerprint density at radius 3 is 2.55 bits per heavy atom. The normalized spacial score (nSPS) is 11.4. The molecule has 6 nitrogen and oxygen atoms in total. The molecule has 5 aromatic rings. The first-order chi connectivity index (χ1) is 15.9. The predicted octanol–water partition coefficient (Wildman–Crippen LogP) is 4.61. The van der Waals surface area contributed by atoms with Crippen LogP contribution >= 0.6 is 11.8 Å². The second-order valence-electron chi connectivity index (χ2n) is 8.08. The van der Waals surface area contributed by atoms with E-state index in [2.05, 4.69) is 4.98 Å². The number of aromatic nitrogens is 4. The van der Waals surface area contributed by atoms with Gasteiger partial charge in [0.2, 0.25) is 0 Å². The van der Waals surface area contributed by atoms with Gasteiger partial charge in [0, 0.05) is 17.5 Å². The van der Waals surface area contributed by atoms with Gasteiger partial charge in [-0.2, -0.15) is 0 Å². The molecule has 164 valence electrons. The molecule has 0 radical (unpaired) electrons. The highest BCUT2D eigenvalue weighted by Crippen LogP contribution is 2.26. The summed E-state index contributed by atoms with van der Waals surface area (Å²) >= 11 is 1.40. The molecule has 33 heavy (non-hydrogen) atoms. The lowest BCUT2D eigenvalue weighted by molar-refractivity contribution is 0.813. The van der Waals surface area contributed by atoms with Gasteiger partial charge in [0.1, 0.15) is 5.65 Å². The SMILES string of the molecule is Cc1ccc(C)c(-n2c(SCc3cc(=O)n4c(C)cccc4n3)nc3ccccc3c2=O)c1. The minimum atomic E-state index is -0.118. The van der Waals surface area contributed by atoms with Crippen LogP contribution in [0.15, 0.2) is 81.5 Å². The summed E-state index contributed by atoms with van der Waals surface area (Å²) in [6.07, 6.45) is 0. The van der Waals surface area contributed by atoms with Crippen molar-refractivity contribution in [2.24, 2.45) is 0 Å². The van der Waals surface area contributed by atoms with E-state index in [-0.39, 0.29) is 11.1 Å². The topological polar surface area (TPSA) is 69.3 Å². The standard InChI is InChI=1S/C26H22N4O2S/c1-16-11-12-17(2)22(13-16)30-25(32)20-8-4-5-9-21(20)28-26(30)33-15-19-14-24(31)29-18(3)7-6-10-23(29)27-19/h4-14H,15H2,1-3H3. The summed E-state index contributed by atoms with van der Waals surface area (Å²) in [5, 5.41) is 1.14. The van der Waals surface area contributed by atoms with Gasteiger partial charge < -0.3 is 0 Å². The molecule has 3 heterocycles. The van der Waals surface area contributed by atoms with E-state index in [1.807, 2.05) is 75.4 Å². The lowest BCUT2D eigenvalue weighted by Gasteiger charge is -2.16. The summed E-state index contributed by atoms with van der Waals surface area (Å²) in [5.74, 6) is 0.412. The molecule has 0 unspecified atom stereocenters. The highest BCUT2D eigenvalue weighted by atomic mass is 32.2. The Morgan fingerprint density at radius 1 is 0.879 bits per heavy atom. The van der Waals surface area contributed by atoms with Crippen molar-refractivity contribution in [3.63, 3.8) is 0 Å². The van der Waals surface area contributed by atoms with Crippen molar-refractivity contribution in [1.29, 1.82) is 0 Å². The smallest absolute Gasteiger partial charge is 0.266 e. The van der Waals surface area contributed by atoms with Gasteiger partial charge >= 0.3 is 0 Å². The third-order valence-electron chi connectivity index (χ3n) is 5.63. The monoisotopic (exact) mass is 454 g/mol. The summed E-state index contributed by atoms with van der Waals surface area (Å²) in [6, 6.07) is 20.5. The second-order valence-corrected chi connectivity index (χ2v) is 9.02. The summed E-state index contributed by atoms with van der Waals surface area (Å²) in [5.41, 5.74) is 5.36. The van der Waals surface area contributed by atoms with E-state index < -0.39 is 0 Å². The van der Waals surface area contributed by atoms with Crippen molar-refractivity contribution in [3.05, 3.63) is 110 Å². The largest absolute Gasteiger partial charge is 0.269 e. The molecule has 0 bridgehead atoms. The molecule has 0 saturated heterocycles. The molecule has 2 aromatic carbocycles. The van der Waals surface area contributed by atoms with E-state index in [0.717, 1.165) is 22.5 Å². The van der Waals surface area contributed by atoms with Crippen LogP contribution in [0.5, 0.6) is 0 Å². The van der Waals surface area contributed by atoms with Crippen molar-refractivity contribution in [3.8, 4) is 5.69 Å². The van der Waals surface area contributed by atoms with E-state index in [1.165, 1.54) is 11.8 Å². The second kappa shape index (κ2) is 8.33. The van der Waals surface area contributed by atoms with Gasteiger partial charge in [-0.05, 0) is 62.2 Å². The minimum absolute atomic E-state index is 0.112. The number of benzene rings is 2. The highest BCUT2D eigenvalue weighted by Gasteiger charge is 2.16. The van der Waals surface area contributed by atoms with Gasteiger partial charge in [0.25, 0.3) is 11.1 Å². The molecular formula is C26H22N4O2S. The lowest BCUT2D eigenvalue weighted by atomic mass is 10.1. The van der Waals surface area contributed by atoms with Crippen molar-refractivity contribution in [2.45, 2.75) is 31.7 Å². The van der Waals surface area contributed by atoms with Crippen LogP contribution in [-0.2, 0) is 5.75 Å². The molecule has 0 spiro atoms. The Hall–Kier alpha value is -3.71. The van der Waals surface area contributed by atoms with Gasteiger partial charge in [-0.15, -0.1) is 0 Å². The van der Waals surface area contributed by atoms with Gasteiger partial charge in [0.05, 0.1) is 22.3 Å². The van der Waals surface area contributed by atoms with Crippen LogP contribution in [-0.4, -0.2) is 18.9 Å². The molecule has 0 saturated carbocycles. The van der Waals surface area contributed by atoms with Crippen LogP contribution in [0, 0.1) is 20.8 Å². The Kier molecular flexibility index (Phi) is 5.34. The molecule has 5 rings (SSSR count). The van der Waals surface area contributed by atoms with Gasteiger partial charge in [-0.3, -0.25) is 18.6 Å². The molecule has 3 aromatic heterocycles. The molecule has 7 heteroatoms. The Morgan fingerprint density at radius 2 is 1.70 bits per heavy atom. The number of fused-ring (bicyclic) bond motifs is 2. The van der Waals surface area contributed by atoms with E-state index in [1.54, 1.807) is 21.1 Å². The summed E-state index contributed by atoms with van der Waals surface area (Å²) < 4.78 is 3.27. The predicted molar refractivity (Wildman–Crippen MR) is 133 cm³/mol. The van der Waals surface area contributed by atoms with E-state index in [0.29, 0.717) is 33.2 Å². The number of pyridine rings is 1. The summed E-state index contributed by atoms with van der Waals surface area (Å²) in [4.78, 5) is 35.7. The molecule has 0 atom stereocenters. The third kappa shape index (κ3) is 3.85. The van der Waals surface area contributed by atoms with Crippen LogP contribution in [0.25, 0.3) is 22.2 Å². The molecule has 0 amide bonds. The molecule has 0 aliphatic rings. The van der Waals surface area contributed by atoms with Crippen LogP contribution in [0.4, 0.5) is 0 Å². The summed E-state index contributed by atoms with van der Waals surface area (Å²) in [6.45, 7) is 5.87. The molecule has 0 N–H and O–H groups in total. The zero-order valence-electron chi connectivity index (χ0n) is 18.6. The maximum Gasteiger partial charge on any atom is 0.266 e. The van der Waals surface area contributed by atoms with Crippen molar-refractivity contribution >= 4 is 28.3 Å². The van der Waals surface area contributed by atoms with E-state index in [4.69, 9.17) is 4.98 Å². The maximum absolute atomic E-state index is 13.5. The fraction of sp³-hybridized carbons (Fsp3) is 0.154. The van der Waals surface area contributed by atoms with Crippen molar-refractivity contribution < 1.29 is 0 Å². The highest BCUT2D eigenvalue weighted by molar-refractivity contribution is 7.98. The van der Waals surface area contributed by atoms with Crippen LogP contribution in [0.3, 0.4) is 0 Å². The third-order valence-corrected chi connectivity index (χ3v) is 6.60. The Labute approximate surface area is 194 Å². The van der Waals surface area contributed by atoms with Crippen LogP contribution in [0.2, 0.25) is 0 Å². The number of aryl methyl sites for hydroxylation is 3. The molecule has 0 aliphatic heterocycles.